The average Bonchev–Trinajstić information content (AvgIpc) is 2.98. The van der Waals surface area contributed by atoms with Gasteiger partial charge in [-0.15, -0.1) is 0 Å². The lowest BCUT2D eigenvalue weighted by molar-refractivity contribution is 0.496. The zero-order valence-electron chi connectivity index (χ0n) is 14.2. The van der Waals surface area contributed by atoms with Gasteiger partial charge in [0, 0.05) is 0 Å². The summed E-state index contributed by atoms with van der Waals surface area (Å²) in [5.74, 6) is 0. The molecule has 0 heteroatoms. The molecule has 2 aromatic carbocycles. The summed E-state index contributed by atoms with van der Waals surface area (Å²) in [6.45, 7) is 9.16. The van der Waals surface area contributed by atoms with Crippen molar-refractivity contribution in [1.29, 1.82) is 0 Å². The molecule has 0 saturated carbocycles. The number of fused-ring (bicyclic) bond motifs is 1. The van der Waals surface area contributed by atoms with Gasteiger partial charge >= 0.3 is 0 Å². The van der Waals surface area contributed by atoms with Crippen LogP contribution in [0, 0.1) is 5.41 Å². The molecule has 0 atom stereocenters. The first kappa shape index (κ1) is 15.1. The van der Waals surface area contributed by atoms with E-state index >= 15 is 0 Å². The average molecular weight is 290 g/mol. The molecule has 0 spiro atoms. The molecule has 3 rings (SSSR count). The Labute approximate surface area is 134 Å². The van der Waals surface area contributed by atoms with Gasteiger partial charge in [-0.05, 0) is 45.7 Å². The second-order valence-corrected chi connectivity index (χ2v) is 7.35. The summed E-state index contributed by atoms with van der Waals surface area (Å²) < 4.78 is 0. The number of hydrogen-bond acceptors (Lipinski definition) is 0. The van der Waals surface area contributed by atoms with Crippen LogP contribution >= 0.6 is 0 Å². The third-order valence-corrected chi connectivity index (χ3v) is 4.68. The van der Waals surface area contributed by atoms with Crippen molar-refractivity contribution in [1.82, 2.24) is 0 Å². The predicted octanol–water partition coefficient (Wildman–Crippen LogP) is 6.55. The Morgan fingerprint density at radius 3 is 2.32 bits per heavy atom. The molecule has 1 aliphatic carbocycles. The van der Waals surface area contributed by atoms with Crippen molar-refractivity contribution in [2.75, 3.05) is 0 Å². The molecular weight excluding hydrogens is 264 g/mol. The van der Waals surface area contributed by atoms with Crippen molar-refractivity contribution in [2.24, 2.45) is 5.41 Å². The summed E-state index contributed by atoms with van der Waals surface area (Å²) in [6, 6.07) is 13.5. The van der Waals surface area contributed by atoms with Crippen LogP contribution in [0.1, 0.15) is 51.7 Å². The van der Waals surface area contributed by atoms with Crippen molar-refractivity contribution < 1.29 is 0 Å². The summed E-state index contributed by atoms with van der Waals surface area (Å²) in [6.07, 6.45) is 8.23. The van der Waals surface area contributed by atoms with Crippen LogP contribution < -0.4 is 0 Å². The molecule has 0 heterocycles. The van der Waals surface area contributed by atoms with E-state index < -0.39 is 0 Å². The lowest BCUT2D eigenvalue weighted by Gasteiger charge is -2.20. The van der Waals surface area contributed by atoms with Crippen LogP contribution in [0.4, 0.5) is 0 Å². The van der Waals surface area contributed by atoms with Crippen molar-refractivity contribution in [3.8, 4) is 0 Å². The summed E-state index contributed by atoms with van der Waals surface area (Å²) >= 11 is 0. The first-order chi connectivity index (χ1) is 10.5. The Balaban J connectivity index is 2.10. The molecule has 0 radical (unpaired) electrons. The number of allylic oxidation sites excluding steroid dienone is 4. The molecule has 0 amide bonds. The number of rotatable bonds is 3. The summed E-state index contributed by atoms with van der Waals surface area (Å²) in [5, 5.41) is 2.81. The highest BCUT2D eigenvalue weighted by Crippen LogP contribution is 2.39. The SMILES string of the molecule is CCCc1ccc(C2=CCC(C(C)(C)C)=C2)c2ccccc12. The monoisotopic (exact) mass is 290 g/mol. The Kier molecular flexibility index (Phi) is 3.95. The lowest BCUT2D eigenvalue weighted by atomic mass is 9.85. The van der Waals surface area contributed by atoms with Gasteiger partial charge in [-0.25, -0.2) is 0 Å². The highest BCUT2D eigenvalue weighted by Gasteiger charge is 2.21. The van der Waals surface area contributed by atoms with E-state index in [1.807, 2.05) is 0 Å². The number of aryl methyl sites for hydroxylation is 1. The summed E-state index contributed by atoms with van der Waals surface area (Å²) in [5.41, 5.74) is 6.04. The van der Waals surface area contributed by atoms with E-state index in [9.17, 15) is 0 Å². The van der Waals surface area contributed by atoms with Gasteiger partial charge in [-0.2, -0.15) is 0 Å². The minimum atomic E-state index is 0.260. The van der Waals surface area contributed by atoms with Gasteiger partial charge in [0.2, 0.25) is 0 Å². The van der Waals surface area contributed by atoms with Crippen LogP contribution in [0.25, 0.3) is 16.3 Å². The van der Waals surface area contributed by atoms with Crippen LogP contribution in [-0.4, -0.2) is 0 Å². The fraction of sp³-hybridized carbons (Fsp3) is 0.364. The topological polar surface area (TPSA) is 0 Å². The molecule has 2 aromatic rings. The van der Waals surface area contributed by atoms with E-state index in [2.05, 4.69) is 76.2 Å². The maximum Gasteiger partial charge on any atom is -0.0103 e. The van der Waals surface area contributed by atoms with Crippen LogP contribution in [0.2, 0.25) is 0 Å². The number of hydrogen-bond donors (Lipinski definition) is 0. The molecule has 0 saturated heterocycles. The maximum atomic E-state index is 2.40. The minimum Gasteiger partial charge on any atom is -0.0725 e. The Morgan fingerprint density at radius 2 is 1.68 bits per heavy atom. The second-order valence-electron chi connectivity index (χ2n) is 7.35. The normalized spacial score (nSPS) is 15.1. The van der Waals surface area contributed by atoms with E-state index in [1.165, 1.54) is 39.5 Å². The van der Waals surface area contributed by atoms with Crippen molar-refractivity contribution >= 4 is 16.3 Å². The molecule has 0 nitrogen and oxygen atoms in total. The van der Waals surface area contributed by atoms with E-state index in [0.717, 1.165) is 12.8 Å². The van der Waals surface area contributed by atoms with Crippen molar-refractivity contribution in [2.45, 2.75) is 47.0 Å². The van der Waals surface area contributed by atoms with Crippen molar-refractivity contribution in [3.63, 3.8) is 0 Å². The van der Waals surface area contributed by atoms with Gasteiger partial charge in [-0.1, -0.05) is 88.2 Å². The van der Waals surface area contributed by atoms with Crippen LogP contribution in [0.3, 0.4) is 0 Å². The Hall–Kier alpha value is -1.82. The molecule has 0 N–H and O–H groups in total. The fourth-order valence-corrected chi connectivity index (χ4v) is 3.34. The van der Waals surface area contributed by atoms with Crippen LogP contribution in [-0.2, 0) is 6.42 Å². The number of benzene rings is 2. The molecule has 0 bridgehead atoms. The molecule has 0 aromatic heterocycles. The molecular formula is C22H26. The van der Waals surface area contributed by atoms with Gasteiger partial charge in [-0.3, -0.25) is 0 Å². The fourth-order valence-electron chi connectivity index (χ4n) is 3.34. The quantitative estimate of drug-likeness (QED) is 0.601. The smallest absolute Gasteiger partial charge is 0.0103 e. The third-order valence-electron chi connectivity index (χ3n) is 4.68. The summed E-state index contributed by atoms with van der Waals surface area (Å²) in [4.78, 5) is 0. The Morgan fingerprint density at radius 1 is 0.955 bits per heavy atom. The highest BCUT2D eigenvalue weighted by atomic mass is 14.3. The Bertz CT molecular complexity index is 751. The van der Waals surface area contributed by atoms with Crippen LogP contribution in [0.15, 0.2) is 54.1 Å². The van der Waals surface area contributed by atoms with Gasteiger partial charge in [0.15, 0.2) is 0 Å². The molecule has 1 aliphatic rings. The van der Waals surface area contributed by atoms with Gasteiger partial charge in [0.05, 0.1) is 0 Å². The summed E-state index contributed by atoms with van der Waals surface area (Å²) in [7, 11) is 0. The van der Waals surface area contributed by atoms with E-state index in [1.54, 1.807) is 0 Å². The van der Waals surface area contributed by atoms with Crippen molar-refractivity contribution in [3.05, 3.63) is 65.3 Å². The molecule has 0 fully saturated rings. The molecule has 0 aliphatic heterocycles. The van der Waals surface area contributed by atoms with E-state index in [4.69, 9.17) is 0 Å². The van der Waals surface area contributed by atoms with Crippen LogP contribution in [0.5, 0.6) is 0 Å². The minimum absolute atomic E-state index is 0.260. The van der Waals surface area contributed by atoms with Gasteiger partial charge in [0.1, 0.15) is 0 Å². The van der Waals surface area contributed by atoms with Gasteiger partial charge in [0.25, 0.3) is 0 Å². The lowest BCUT2D eigenvalue weighted by Crippen LogP contribution is -2.07. The molecule has 0 unspecified atom stereocenters. The standard InChI is InChI=1S/C22H26/c1-5-8-16-12-14-20(21-10-7-6-9-19(16)21)17-11-13-18(15-17)22(2,3)4/h6-7,9-12,14-15H,5,8,13H2,1-4H3. The van der Waals surface area contributed by atoms with E-state index in [-0.39, 0.29) is 5.41 Å². The van der Waals surface area contributed by atoms with Gasteiger partial charge < -0.3 is 0 Å². The first-order valence-corrected chi connectivity index (χ1v) is 8.43. The largest absolute Gasteiger partial charge is 0.0725 e. The van der Waals surface area contributed by atoms with E-state index in [0.29, 0.717) is 0 Å². The first-order valence-electron chi connectivity index (χ1n) is 8.43. The zero-order chi connectivity index (χ0) is 15.7. The molecule has 114 valence electrons. The maximum absolute atomic E-state index is 2.40. The zero-order valence-corrected chi connectivity index (χ0v) is 14.2. The highest BCUT2D eigenvalue weighted by molar-refractivity contribution is 5.98. The third kappa shape index (κ3) is 2.75. The molecule has 22 heavy (non-hydrogen) atoms. The predicted molar refractivity (Wildman–Crippen MR) is 98.1 cm³/mol. The second kappa shape index (κ2) is 5.76.